The van der Waals surface area contributed by atoms with Crippen LogP contribution in [0, 0.1) is 12.3 Å². The number of hydrogen-bond donors (Lipinski definition) is 1. The Morgan fingerprint density at radius 1 is 1.44 bits per heavy atom. The van der Waals surface area contributed by atoms with Crippen LogP contribution < -0.4 is 5.32 Å². The lowest BCUT2D eigenvalue weighted by atomic mass is 9.90. The Kier molecular flexibility index (Phi) is 3.94. The fourth-order valence-electron chi connectivity index (χ4n) is 1.87. The van der Waals surface area contributed by atoms with Crippen LogP contribution in [0.4, 0.5) is 0 Å². The van der Waals surface area contributed by atoms with Crippen LogP contribution in [0.15, 0.2) is 9.52 Å². The molecule has 18 heavy (non-hydrogen) atoms. The summed E-state index contributed by atoms with van der Waals surface area (Å²) in [4.78, 5) is 8.65. The average molecular weight is 268 g/mol. The molecule has 0 radical (unpaired) electrons. The molecule has 0 aromatic carbocycles. The third-order valence-electron chi connectivity index (χ3n) is 2.52. The Hall–Kier alpha value is -1.04. The molecule has 1 aliphatic rings. The minimum absolute atomic E-state index is 0.355. The van der Waals surface area contributed by atoms with Gasteiger partial charge in [-0.3, -0.25) is 4.99 Å². The molecule has 6 heteroatoms. The summed E-state index contributed by atoms with van der Waals surface area (Å²) < 4.78 is 4.92. The first kappa shape index (κ1) is 13.4. The third kappa shape index (κ3) is 4.01. The minimum atomic E-state index is 0.355. The van der Waals surface area contributed by atoms with Crippen LogP contribution in [0.1, 0.15) is 38.9 Å². The second-order valence-corrected chi connectivity index (χ2v) is 7.02. The fraction of sp³-hybridized carbons (Fsp3) is 0.750. The first-order valence-electron chi connectivity index (χ1n) is 6.16. The van der Waals surface area contributed by atoms with E-state index in [1.807, 2.05) is 11.8 Å². The van der Waals surface area contributed by atoms with Crippen molar-refractivity contribution in [2.24, 2.45) is 10.4 Å². The van der Waals surface area contributed by atoms with Gasteiger partial charge in [-0.15, -0.1) is 0 Å². The SMILES string of the molecule is Cc1nc(CNC2=NCC(CC(C)(C)C)S2)no1. The normalized spacial score (nSPS) is 20.0. The van der Waals surface area contributed by atoms with Crippen molar-refractivity contribution in [3.63, 3.8) is 0 Å². The number of nitrogens with one attached hydrogen (secondary N) is 1. The second-order valence-electron chi connectivity index (χ2n) is 5.73. The number of aryl methyl sites for hydroxylation is 1. The van der Waals surface area contributed by atoms with E-state index in [2.05, 4.69) is 41.2 Å². The molecular formula is C12H20N4OS. The van der Waals surface area contributed by atoms with Crippen molar-refractivity contribution in [2.45, 2.75) is 45.9 Å². The monoisotopic (exact) mass is 268 g/mol. The van der Waals surface area contributed by atoms with Crippen molar-refractivity contribution in [1.82, 2.24) is 15.5 Å². The molecule has 1 N–H and O–H groups in total. The van der Waals surface area contributed by atoms with Gasteiger partial charge < -0.3 is 9.84 Å². The number of aliphatic imine (C=N–C) groups is 1. The highest BCUT2D eigenvalue weighted by Gasteiger charge is 2.24. The molecular weight excluding hydrogens is 248 g/mol. The van der Waals surface area contributed by atoms with Gasteiger partial charge in [0.1, 0.15) is 0 Å². The molecule has 1 atom stereocenters. The Balaban J connectivity index is 1.76. The molecule has 2 rings (SSSR count). The van der Waals surface area contributed by atoms with E-state index >= 15 is 0 Å². The highest BCUT2D eigenvalue weighted by Crippen LogP contribution is 2.31. The summed E-state index contributed by atoms with van der Waals surface area (Å²) in [7, 11) is 0. The van der Waals surface area contributed by atoms with Crippen LogP contribution in [0.5, 0.6) is 0 Å². The van der Waals surface area contributed by atoms with E-state index in [1.54, 1.807) is 6.92 Å². The number of rotatable bonds is 3. The van der Waals surface area contributed by atoms with Crippen LogP contribution >= 0.6 is 11.8 Å². The summed E-state index contributed by atoms with van der Waals surface area (Å²) in [6.45, 7) is 10.1. The van der Waals surface area contributed by atoms with Gasteiger partial charge in [-0.25, -0.2) is 0 Å². The van der Waals surface area contributed by atoms with Crippen molar-refractivity contribution < 1.29 is 4.52 Å². The summed E-state index contributed by atoms with van der Waals surface area (Å²) in [5.41, 5.74) is 0.355. The third-order valence-corrected chi connectivity index (χ3v) is 3.67. The van der Waals surface area contributed by atoms with E-state index < -0.39 is 0 Å². The number of nitrogens with zero attached hydrogens (tertiary/aromatic N) is 3. The topological polar surface area (TPSA) is 63.3 Å². The molecule has 1 aliphatic heterocycles. The van der Waals surface area contributed by atoms with Crippen molar-refractivity contribution >= 4 is 16.9 Å². The number of hydrogen-bond acceptors (Lipinski definition) is 6. The molecule has 0 saturated carbocycles. The molecule has 1 aromatic heterocycles. The van der Waals surface area contributed by atoms with Gasteiger partial charge in [-0.05, 0) is 11.8 Å². The molecule has 0 saturated heterocycles. The Bertz CT molecular complexity index is 436. The van der Waals surface area contributed by atoms with Crippen LogP contribution in [0.2, 0.25) is 0 Å². The summed E-state index contributed by atoms with van der Waals surface area (Å²) in [5.74, 6) is 1.27. The molecule has 0 aliphatic carbocycles. The zero-order chi connectivity index (χ0) is 13.2. The quantitative estimate of drug-likeness (QED) is 0.912. The van der Waals surface area contributed by atoms with Gasteiger partial charge in [-0.1, -0.05) is 37.7 Å². The second kappa shape index (κ2) is 5.30. The van der Waals surface area contributed by atoms with Crippen LogP contribution in [0.3, 0.4) is 0 Å². The van der Waals surface area contributed by atoms with Gasteiger partial charge in [0.15, 0.2) is 11.0 Å². The number of amidine groups is 1. The van der Waals surface area contributed by atoms with E-state index in [-0.39, 0.29) is 0 Å². The molecule has 1 aromatic rings. The molecule has 100 valence electrons. The van der Waals surface area contributed by atoms with E-state index in [1.165, 1.54) is 6.42 Å². The van der Waals surface area contributed by atoms with Crippen molar-refractivity contribution in [3.05, 3.63) is 11.7 Å². The fourth-order valence-corrected chi connectivity index (χ4v) is 3.22. The molecule has 0 amide bonds. The Labute approximate surface area is 112 Å². The lowest BCUT2D eigenvalue weighted by molar-refractivity contribution is 0.375. The zero-order valence-electron chi connectivity index (χ0n) is 11.4. The highest BCUT2D eigenvalue weighted by atomic mass is 32.2. The van der Waals surface area contributed by atoms with E-state index in [0.29, 0.717) is 28.9 Å². The van der Waals surface area contributed by atoms with Crippen molar-refractivity contribution in [1.29, 1.82) is 0 Å². The van der Waals surface area contributed by atoms with Gasteiger partial charge >= 0.3 is 0 Å². The maximum absolute atomic E-state index is 4.92. The average Bonchev–Trinajstić information content (AvgIpc) is 2.82. The molecule has 0 bridgehead atoms. The Morgan fingerprint density at radius 2 is 2.22 bits per heavy atom. The van der Waals surface area contributed by atoms with E-state index in [9.17, 15) is 0 Å². The zero-order valence-corrected chi connectivity index (χ0v) is 12.2. The minimum Gasteiger partial charge on any atom is -0.357 e. The van der Waals surface area contributed by atoms with Gasteiger partial charge in [-0.2, -0.15) is 4.98 Å². The van der Waals surface area contributed by atoms with Crippen LogP contribution in [-0.2, 0) is 6.54 Å². The lowest BCUT2D eigenvalue weighted by Gasteiger charge is -2.21. The maximum atomic E-state index is 4.92. The van der Waals surface area contributed by atoms with E-state index in [0.717, 1.165) is 11.7 Å². The summed E-state index contributed by atoms with van der Waals surface area (Å²) >= 11 is 1.82. The predicted octanol–water partition coefficient (Wildman–Crippen LogP) is 2.38. The largest absolute Gasteiger partial charge is 0.357 e. The molecule has 5 nitrogen and oxygen atoms in total. The van der Waals surface area contributed by atoms with Gasteiger partial charge in [0.25, 0.3) is 0 Å². The molecule has 2 heterocycles. The van der Waals surface area contributed by atoms with Crippen molar-refractivity contribution in [3.8, 4) is 0 Å². The lowest BCUT2D eigenvalue weighted by Crippen LogP contribution is -2.21. The highest BCUT2D eigenvalue weighted by molar-refractivity contribution is 8.14. The maximum Gasteiger partial charge on any atom is 0.223 e. The van der Waals surface area contributed by atoms with Crippen molar-refractivity contribution in [2.75, 3.05) is 6.54 Å². The number of thioether (sulfide) groups is 1. The summed E-state index contributed by atoms with van der Waals surface area (Å²) in [6, 6.07) is 0. The predicted molar refractivity (Wildman–Crippen MR) is 73.6 cm³/mol. The molecule has 0 fully saturated rings. The summed E-state index contributed by atoms with van der Waals surface area (Å²) in [6.07, 6.45) is 1.17. The van der Waals surface area contributed by atoms with Crippen LogP contribution in [-0.4, -0.2) is 27.1 Å². The first-order valence-corrected chi connectivity index (χ1v) is 7.04. The van der Waals surface area contributed by atoms with Gasteiger partial charge in [0.05, 0.1) is 13.1 Å². The first-order chi connectivity index (χ1) is 8.42. The van der Waals surface area contributed by atoms with Crippen LogP contribution in [0.25, 0.3) is 0 Å². The number of aromatic nitrogens is 2. The molecule has 1 unspecified atom stereocenters. The standard InChI is InChI=1S/C12H20N4OS/c1-8-15-10(16-17-8)7-14-11-13-6-9(18-11)5-12(2,3)4/h9H,5-7H2,1-4H3,(H,13,14). The van der Waals surface area contributed by atoms with E-state index in [4.69, 9.17) is 4.52 Å². The van der Waals surface area contributed by atoms with Gasteiger partial charge in [0.2, 0.25) is 5.89 Å². The van der Waals surface area contributed by atoms with Gasteiger partial charge in [0, 0.05) is 12.2 Å². The summed E-state index contributed by atoms with van der Waals surface area (Å²) in [5, 5.41) is 8.67. The smallest absolute Gasteiger partial charge is 0.223 e. The molecule has 0 spiro atoms. The Morgan fingerprint density at radius 3 is 2.83 bits per heavy atom.